The predicted molar refractivity (Wildman–Crippen MR) is 130 cm³/mol. The Hall–Kier alpha value is -3.56. The molecule has 0 saturated carbocycles. The van der Waals surface area contributed by atoms with E-state index in [-0.39, 0.29) is 23.8 Å². The fourth-order valence-corrected chi connectivity index (χ4v) is 6.20. The Morgan fingerprint density at radius 3 is 2.42 bits per heavy atom. The number of thiazole rings is 1. The fraction of sp³-hybridized carbons (Fsp3) is 0.125. The number of anilines is 2. The van der Waals surface area contributed by atoms with Crippen LogP contribution in [0.25, 0.3) is 20.8 Å². The largest absolute Gasteiger partial charge is 0.322 e. The third kappa shape index (κ3) is 4.12. The molecule has 1 saturated heterocycles. The van der Waals surface area contributed by atoms with E-state index < -0.39 is 15.9 Å². The van der Waals surface area contributed by atoms with Gasteiger partial charge in [0.25, 0.3) is 5.91 Å². The van der Waals surface area contributed by atoms with Gasteiger partial charge < -0.3 is 5.32 Å². The summed E-state index contributed by atoms with van der Waals surface area (Å²) in [7, 11) is -3.63. The average Bonchev–Trinajstić information content (AvgIpc) is 3.33. The van der Waals surface area contributed by atoms with Crippen molar-refractivity contribution < 1.29 is 18.0 Å². The number of aryl methyl sites for hydroxylation is 1. The SMILES string of the molecule is Cc1ccc2nc(-c3ccc(NC(=O)c4ccc(N5C(=O)CCS5(=O)=O)cc4)cc3)sc2c1. The highest BCUT2D eigenvalue weighted by atomic mass is 32.2. The van der Waals surface area contributed by atoms with Crippen molar-refractivity contribution in [3.63, 3.8) is 0 Å². The lowest BCUT2D eigenvalue weighted by molar-refractivity contribution is -0.116. The smallest absolute Gasteiger partial charge is 0.255 e. The van der Waals surface area contributed by atoms with Crippen LogP contribution in [0.15, 0.2) is 66.7 Å². The van der Waals surface area contributed by atoms with Gasteiger partial charge in [0.15, 0.2) is 0 Å². The van der Waals surface area contributed by atoms with Crippen molar-refractivity contribution >= 4 is 54.8 Å². The fourth-order valence-electron chi connectivity index (χ4n) is 3.67. The Morgan fingerprint density at radius 2 is 1.76 bits per heavy atom. The van der Waals surface area contributed by atoms with Crippen LogP contribution >= 0.6 is 11.3 Å². The molecule has 3 aromatic carbocycles. The molecule has 1 fully saturated rings. The van der Waals surface area contributed by atoms with E-state index in [0.29, 0.717) is 11.3 Å². The van der Waals surface area contributed by atoms with E-state index in [1.54, 1.807) is 11.3 Å². The number of sulfonamides is 1. The maximum Gasteiger partial charge on any atom is 0.255 e. The van der Waals surface area contributed by atoms with Gasteiger partial charge in [0.1, 0.15) is 5.01 Å². The van der Waals surface area contributed by atoms with Gasteiger partial charge in [-0.2, -0.15) is 0 Å². The van der Waals surface area contributed by atoms with Crippen LogP contribution in [0.5, 0.6) is 0 Å². The number of amides is 2. The average molecular weight is 478 g/mol. The predicted octanol–water partition coefficient (Wildman–Crippen LogP) is 4.59. The van der Waals surface area contributed by atoms with Gasteiger partial charge in [-0.3, -0.25) is 9.59 Å². The second-order valence-corrected chi connectivity index (χ2v) is 10.8. The number of aromatic nitrogens is 1. The van der Waals surface area contributed by atoms with Gasteiger partial charge in [0.2, 0.25) is 15.9 Å². The third-order valence-corrected chi connectivity index (χ3v) is 8.13. The molecule has 0 bridgehead atoms. The van der Waals surface area contributed by atoms with E-state index in [4.69, 9.17) is 0 Å². The molecule has 33 heavy (non-hydrogen) atoms. The molecule has 0 atom stereocenters. The van der Waals surface area contributed by atoms with Gasteiger partial charge in [-0.25, -0.2) is 17.7 Å². The van der Waals surface area contributed by atoms with Crippen LogP contribution < -0.4 is 9.62 Å². The molecule has 0 radical (unpaired) electrons. The van der Waals surface area contributed by atoms with Crippen molar-refractivity contribution in [1.82, 2.24) is 4.98 Å². The number of nitrogens with zero attached hydrogens (tertiary/aromatic N) is 2. The van der Waals surface area contributed by atoms with Gasteiger partial charge in [0, 0.05) is 23.2 Å². The van der Waals surface area contributed by atoms with Gasteiger partial charge in [0.05, 0.1) is 21.7 Å². The first-order valence-electron chi connectivity index (χ1n) is 10.2. The summed E-state index contributed by atoms with van der Waals surface area (Å²) >= 11 is 1.62. The van der Waals surface area contributed by atoms with Crippen molar-refractivity contribution in [3.8, 4) is 10.6 Å². The molecule has 0 unspecified atom stereocenters. The van der Waals surface area contributed by atoms with Crippen LogP contribution in [0.3, 0.4) is 0 Å². The summed E-state index contributed by atoms with van der Waals surface area (Å²) in [5.41, 5.74) is 4.34. The number of benzene rings is 3. The molecule has 166 valence electrons. The first kappa shape index (κ1) is 21.3. The molecular weight excluding hydrogens is 458 g/mol. The highest BCUT2D eigenvalue weighted by Gasteiger charge is 2.36. The van der Waals surface area contributed by atoms with Crippen LogP contribution in [0.4, 0.5) is 11.4 Å². The lowest BCUT2D eigenvalue weighted by Gasteiger charge is -2.15. The summed E-state index contributed by atoms with van der Waals surface area (Å²) in [6.45, 7) is 2.05. The molecule has 4 aromatic rings. The third-order valence-electron chi connectivity index (χ3n) is 5.38. The first-order chi connectivity index (χ1) is 15.8. The molecular formula is C24H19N3O4S2. The number of carbonyl (C=O) groups excluding carboxylic acids is 2. The molecule has 1 aromatic heterocycles. The number of fused-ring (bicyclic) bond motifs is 1. The Balaban J connectivity index is 1.30. The number of nitrogens with one attached hydrogen (secondary N) is 1. The van der Waals surface area contributed by atoms with E-state index in [1.165, 1.54) is 29.8 Å². The highest BCUT2D eigenvalue weighted by molar-refractivity contribution is 7.94. The van der Waals surface area contributed by atoms with Crippen LogP contribution in [-0.4, -0.2) is 31.0 Å². The minimum absolute atomic E-state index is 0.0305. The summed E-state index contributed by atoms with van der Waals surface area (Å²) in [5.74, 6) is -0.989. The number of rotatable bonds is 4. The maximum absolute atomic E-state index is 12.6. The van der Waals surface area contributed by atoms with Crippen molar-refractivity contribution in [2.75, 3.05) is 15.4 Å². The summed E-state index contributed by atoms with van der Waals surface area (Å²) in [6.07, 6.45) is -0.0305. The standard InChI is InChI=1S/C24H19N3O4S2/c1-15-2-11-20-21(14-15)32-24(26-20)17-3-7-18(8-4-17)25-23(29)16-5-9-19(10-6-16)27-22(28)12-13-33(27,30)31/h2-11,14H,12-13H2,1H3,(H,25,29). The Bertz CT molecular complexity index is 1490. The number of hydrogen-bond acceptors (Lipinski definition) is 6. The van der Waals surface area contributed by atoms with Crippen LogP contribution in [0.1, 0.15) is 22.3 Å². The zero-order valence-electron chi connectivity index (χ0n) is 17.6. The topological polar surface area (TPSA) is 96.4 Å². The van der Waals surface area contributed by atoms with Gasteiger partial charge >= 0.3 is 0 Å². The highest BCUT2D eigenvalue weighted by Crippen LogP contribution is 2.31. The summed E-state index contributed by atoms with van der Waals surface area (Å²) in [4.78, 5) is 29.2. The van der Waals surface area contributed by atoms with E-state index in [9.17, 15) is 18.0 Å². The zero-order valence-corrected chi connectivity index (χ0v) is 19.2. The van der Waals surface area contributed by atoms with Gasteiger partial charge in [-0.15, -0.1) is 11.3 Å². The minimum atomic E-state index is -3.63. The molecule has 0 spiro atoms. The molecule has 1 aliphatic heterocycles. The Labute approximate surface area is 194 Å². The second-order valence-electron chi connectivity index (χ2n) is 7.79. The minimum Gasteiger partial charge on any atom is -0.322 e. The Kier molecular flexibility index (Phi) is 5.22. The summed E-state index contributed by atoms with van der Waals surface area (Å²) < 4.78 is 26.0. The molecule has 7 nitrogen and oxygen atoms in total. The van der Waals surface area contributed by atoms with Crippen molar-refractivity contribution in [3.05, 3.63) is 77.9 Å². The van der Waals surface area contributed by atoms with E-state index in [2.05, 4.69) is 23.3 Å². The van der Waals surface area contributed by atoms with Gasteiger partial charge in [-0.1, -0.05) is 6.07 Å². The molecule has 2 heterocycles. The van der Waals surface area contributed by atoms with Crippen LogP contribution in [-0.2, 0) is 14.8 Å². The van der Waals surface area contributed by atoms with Crippen LogP contribution in [0, 0.1) is 6.92 Å². The number of carbonyl (C=O) groups is 2. The number of hydrogen-bond donors (Lipinski definition) is 1. The Morgan fingerprint density at radius 1 is 1.03 bits per heavy atom. The molecule has 1 aliphatic rings. The first-order valence-corrected chi connectivity index (χ1v) is 12.7. The molecule has 2 amide bonds. The molecule has 1 N–H and O–H groups in total. The van der Waals surface area contributed by atoms with E-state index in [1.807, 2.05) is 36.4 Å². The normalized spacial score (nSPS) is 15.2. The molecule has 9 heteroatoms. The quantitative estimate of drug-likeness (QED) is 0.464. The van der Waals surface area contributed by atoms with Gasteiger partial charge in [-0.05, 0) is 73.2 Å². The van der Waals surface area contributed by atoms with Crippen LogP contribution in [0.2, 0.25) is 0 Å². The van der Waals surface area contributed by atoms with Crippen molar-refractivity contribution in [1.29, 1.82) is 0 Å². The second kappa shape index (κ2) is 8.09. The summed E-state index contributed by atoms with van der Waals surface area (Å²) in [5, 5.41) is 3.74. The molecule has 0 aliphatic carbocycles. The summed E-state index contributed by atoms with van der Waals surface area (Å²) in [6, 6.07) is 19.6. The maximum atomic E-state index is 12.6. The lowest BCUT2D eigenvalue weighted by atomic mass is 10.1. The lowest BCUT2D eigenvalue weighted by Crippen LogP contribution is -2.29. The van der Waals surface area contributed by atoms with Crippen molar-refractivity contribution in [2.24, 2.45) is 0 Å². The monoisotopic (exact) mass is 477 g/mol. The van der Waals surface area contributed by atoms with E-state index >= 15 is 0 Å². The van der Waals surface area contributed by atoms with Crippen molar-refractivity contribution in [2.45, 2.75) is 13.3 Å². The molecule has 5 rings (SSSR count). The van der Waals surface area contributed by atoms with E-state index in [0.717, 1.165) is 25.1 Å². The zero-order chi connectivity index (χ0) is 23.2.